The van der Waals surface area contributed by atoms with Gasteiger partial charge in [-0.2, -0.15) is 0 Å². The second-order valence-corrected chi connectivity index (χ2v) is 13.7. The van der Waals surface area contributed by atoms with Crippen LogP contribution in [0.1, 0.15) is 0 Å². The summed E-state index contributed by atoms with van der Waals surface area (Å²) in [6.45, 7) is 0. The van der Waals surface area contributed by atoms with Crippen LogP contribution in [-0.4, -0.2) is 0 Å². The first-order valence-corrected chi connectivity index (χ1v) is 18.4. The van der Waals surface area contributed by atoms with Gasteiger partial charge in [0.1, 0.15) is 5.58 Å². The van der Waals surface area contributed by atoms with E-state index in [9.17, 15) is 0 Å². The molecule has 2 nitrogen and oxygen atoms in total. The van der Waals surface area contributed by atoms with Gasteiger partial charge in [-0.3, -0.25) is 0 Å². The van der Waals surface area contributed by atoms with Gasteiger partial charge in [0.15, 0.2) is 5.58 Å². The fourth-order valence-corrected chi connectivity index (χ4v) is 7.84. The molecule has 10 rings (SSSR count). The van der Waals surface area contributed by atoms with E-state index in [-0.39, 0.29) is 0 Å². The van der Waals surface area contributed by atoms with Crippen molar-refractivity contribution in [2.24, 2.45) is 0 Å². The molecule has 0 fully saturated rings. The van der Waals surface area contributed by atoms with E-state index in [4.69, 9.17) is 4.42 Å². The lowest BCUT2D eigenvalue weighted by Gasteiger charge is -2.29. The third kappa shape index (κ3) is 5.62. The molecule has 10 aromatic rings. The van der Waals surface area contributed by atoms with E-state index in [0.29, 0.717) is 0 Å². The fraction of sp³-hybridized carbons (Fsp3) is 0. The Kier molecular flexibility index (Phi) is 7.85. The third-order valence-electron chi connectivity index (χ3n) is 10.5. The number of para-hydroxylation sites is 3. The van der Waals surface area contributed by atoms with Crippen molar-refractivity contribution in [3.8, 4) is 44.5 Å². The second kappa shape index (κ2) is 13.4. The fourth-order valence-electron chi connectivity index (χ4n) is 7.84. The Labute approximate surface area is 314 Å². The van der Waals surface area contributed by atoms with Crippen molar-refractivity contribution in [2.75, 3.05) is 4.90 Å². The lowest BCUT2D eigenvalue weighted by atomic mass is 9.93. The smallest absolute Gasteiger partial charge is 0.159 e. The predicted octanol–water partition coefficient (Wildman–Crippen LogP) is 14.9. The number of nitrogens with zero attached hydrogens (tertiary/aromatic N) is 1. The van der Waals surface area contributed by atoms with E-state index in [1.165, 1.54) is 38.6 Å². The van der Waals surface area contributed by atoms with Crippen molar-refractivity contribution < 1.29 is 4.42 Å². The molecule has 0 N–H and O–H groups in total. The van der Waals surface area contributed by atoms with Crippen LogP contribution in [0.2, 0.25) is 0 Å². The molecule has 0 spiro atoms. The van der Waals surface area contributed by atoms with Crippen molar-refractivity contribution in [1.29, 1.82) is 0 Å². The Morgan fingerprint density at radius 1 is 0.315 bits per heavy atom. The first-order valence-electron chi connectivity index (χ1n) is 18.4. The van der Waals surface area contributed by atoms with Crippen molar-refractivity contribution in [2.45, 2.75) is 0 Å². The van der Waals surface area contributed by atoms with Gasteiger partial charge in [0.25, 0.3) is 0 Å². The Morgan fingerprint density at radius 3 is 1.72 bits per heavy atom. The van der Waals surface area contributed by atoms with Gasteiger partial charge in [-0.15, -0.1) is 0 Å². The van der Waals surface area contributed by atoms with Gasteiger partial charge in [0, 0.05) is 22.0 Å². The predicted molar refractivity (Wildman–Crippen MR) is 228 cm³/mol. The van der Waals surface area contributed by atoms with Crippen LogP contribution < -0.4 is 4.90 Å². The van der Waals surface area contributed by atoms with E-state index in [0.717, 1.165) is 55.7 Å². The average Bonchev–Trinajstić information content (AvgIpc) is 3.64. The van der Waals surface area contributed by atoms with Crippen LogP contribution in [0, 0.1) is 0 Å². The van der Waals surface area contributed by atoms with Crippen LogP contribution >= 0.6 is 0 Å². The van der Waals surface area contributed by atoms with E-state index < -0.39 is 0 Å². The van der Waals surface area contributed by atoms with Crippen molar-refractivity contribution >= 4 is 49.8 Å². The van der Waals surface area contributed by atoms with Gasteiger partial charge in [0.05, 0.1) is 11.4 Å². The van der Waals surface area contributed by atoms with Crippen LogP contribution in [0.5, 0.6) is 0 Å². The van der Waals surface area contributed by atoms with Gasteiger partial charge in [-0.05, 0) is 86.1 Å². The van der Waals surface area contributed by atoms with Crippen LogP contribution in [0.4, 0.5) is 17.1 Å². The van der Waals surface area contributed by atoms with E-state index in [2.05, 4.69) is 211 Å². The molecule has 0 aliphatic heterocycles. The number of benzene rings is 9. The molecule has 0 saturated heterocycles. The van der Waals surface area contributed by atoms with Gasteiger partial charge in [-0.25, -0.2) is 0 Å². The lowest BCUT2D eigenvalue weighted by Crippen LogP contribution is -2.12. The first kappa shape index (κ1) is 31.6. The minimum atomic E-state index is 0.855. The summed E-state index contributed by atoms with van der Waals surface area (Å²) in [6.07, 6.45) is 0. The number of anilines is 3. The maximum Gasteiger partial charge on any atom is 0.159 e. The maximum atomic E-state index is 6.71. The molecule has 9 aromatic carbocycles. The lowest BCUT2D eigenvalue weighted by molar-refractivity contribution is 0.669. The summed E-state index contributed by atoms with van der Waals surface area (Å²) in [4.78, 5) is 2.37. The monoisotopic (exact) mass is 689 g/mol. The molecule has 1 aromatic heterocycles. The molecule has 0 atom stereocenters. The van der Waals surface area contributed by atoms with Crippen molar-refractivity contribution in [3.05, 3.63) is 212 Å². The number of rotatable bonds is 7. The van der Waals surface area contributed by atoms with Crippen LogP contribution in [0.15, 0.2) is 217 Å². The maximum absolute atomic E-state index is 6.71. The molecule has 254 valence electrons. The molecular formula is C52H35NO. The zero-order valence-corrected chi connectivity index (χ0v) is 29.6. The third-order valence-corrected chi connectivity index (χ3v) is 10.5. The molecule has 0 radical (unpaired) electrons. The van der Waals surface area contributed by atoms with Crippen LogP contribution in [0.25, 0.3) is 77.2 Å². The Bertz CT molecular complexity index is 2920. The van der Waals surface area contributed by atoms with Crippen molar-refractivity contribution in [3.63, 3.8) is 0 Å². The van der Waals surface area contributed by atoms with Crippen LogP contribution in [0.3, 0.4) is 0 Å². The van der Waals surface area contributed by atoms with Gasteiger partial charge in [-0.1, -0.05) is 176 Å². The molecule has 0 unspecified atom stereocenters. The second-order valence-electron chi connectivity index (χ2n) is 13.7. The van der Waals surface area contributed by atoms with Crippen molar-refractivity contribution in [1.82, 2.24) is 0 Å². The number of hydrogen-bond donors (Lipinski definition) is 0. The molecule has 2 heteroatoms. The number of fused-ring (bicyclic) bond motifs is 4. The summed E-state index contributed by atoms with van der Waals surface area (Å²) in [6, 6.07) is 75.9. The average molecular weight is 690 g/mol. The zero-order chi connectivity index (χ0) is 35.8. The summed E-state index contributed by atoms with van der Waals surface area (Å²) in [5, 5.41) is 4.69. The largest absolute Gasteiger partial charge is 0.454 e. The normalized spacial score (nSPS) is 11.3. The molecule has 0 amide bonds. The molecular weight excluding hydrogens is 655 g/mol. The van der Waals surface area contributed by atoms with Crippen LogP contribution in [-0.2, 0) is 0 Å². The zero-order valence-electron chi connectivity index (χ0n) is 29.6. The van der Waals surface area contributed by atoms with Gasteiger partial charge >= 0.3 is 0 Å². The summed E-state index contributed by atoms with van der Waals surface area (Å²) in [5.74, 6) is 0. The molecule has 54 heavy (non-hydrogen) atoms. The minimum absolute atomic E-state index is 0.855. The molecule has 0 saturated carbocycles. The quantitative estimate of drug-likeness (QED) is 0.166. The topological polar surface area (TPSA) is 16.4 Å². The van der Waals surface area contributed by atoms with E-state index in [1.807, 2.05) is 6.07 Å². The first-order chi connectivity index (χ1) is 26.8. The summed E-state index contributed by atoms with van der Waals surface area (Å²) >= 11 is 0. The highest BCUT2D eigenvalue weighted by atomic mass is 16.3. The SMILES string of the molecule is c1ccc(-c2ccc(N(c3ccccc3-c3ccc(-c4ccc5ccccc5c4)cc3)c3cccc4c3oc3ccccc34)cc2-c2ccccc2)cc1. The Morgan fingerprint density at radius 2 is 0.907 bits per heavy atom. The van der Waals surface area contributed by atoms with Gasteiger partial charge in [0.2, 0.25) is 0 Å². The Hall–Kier alpha value is -7.16. The highest BCUT2D eigenvalue weighted by Crippen LogP contribution is 2.47. The Balaban J connectivity index is 1.17. The summed E-state index contributed by atoms with van der Waals surface area (Å²) in [7, 11) is 0. The highest BCUT2D eigenvalue weighted by Gasteiger charge is 2.23. The minimum Gasteiger partial charge on any atom is -0.454 e. The standard InChI is InChI=1S/C52H35NO/c1-3-15-38(16-4-1)44-33-32-43(35-48(44)39-17-5-2-6-18-39)53(50-24-13-22-47-46-21-10-12-25-51(46)54-52(47)50)49-23-11-9-20-45(49)40-29-26-37(27-30-40)42-31-28-36-14-7-8-19-41(36)34-42/h1-35H. The highest BCUT2D eigenvalue weighted by molar-refractivity contribution is 6.11. The summed E-state index contributed by atoms with van der Waals surface area (Å²) < 4.78 is 6.71. The number of furan rings is 1. The molecule has 1 heterocycles. The van der Waals surface area contributed by atoms with Gasteiger partial charge < -0.3 is 9.32 Å². The summed E-state index contributed by atoms with van der Waals surface area (Å²) in [5.41, 5.74) is 14.2. The molecule has 0 aliphatic carbocycles. The molecule has 0 bridgehead atoms. The number of hydrogen-bond acceptors (Lipinski definition) is 2. The molecule has 0 aliphatic rings. The van der Waals surface area contributed by atoms with E-state index >= 15 is 0 Å². The van der Waals surface area contributed by atoms with E-state index in [1.54, 1.807) is 0 Å².